The molecule has 0 spiro atoms. The summed E-state index contributed by atoms with van der Waals surface area (Å²) < 4.78 is 5.61. The Morgan fingerprint density at radius 1 is 1.32 bits per heavy atom. The van der Waals surface area contributed by atoms with Gasteiger partial charge in [-0.3, -0.25) is 15.2 Å². The van der Waals surface area contributed by atoms with Crippen LogP contribution in [-0.4, -0.2) is 34.7 Å². The fraction of sp³-hybridized carbons (Fsp3) is 0.188. The van der Waals surface area contributed by atoms with E-state index in [9.17, 15) is 4.79 Å². The molecule has 6 heteroatoms. The number of aromatic nitrogens is 1. The molecule has 6 nitrogen and oxygen atoms in total. The normalized spacial score (nSPS) is 13.7. The number of benzene rings is 1. The number of nitrogens with zero attached hydrogens (tertiary/aromatic N) is 2. The zero-order valence-electron chi connectivity index (χ0n) is 12.0. The van der Waals surface area contributed by atoms with Crippen molar-refractivity contribution in [1.29, 1.82) is 5.41 Å². The van der Waals surface area contributed by atoms with Crippen LogP contribution in [0.15, 0.2) is 42.7 Å². The number of ether oxygens (including phenoxy) is 1. The smallest absolute Gasteiger partial charge is 0.272 e. The van der Waals surface area contributed by atoms with Crippen LogP contribution in [-0.2, 0) is 11.3 Å². The molecule has 0 saturated heterocycles. The predicted molar refractivity (Wildman–Crippen MR) is 82.8 cm³/mol. The largest absolute Gasteiger partial charge is 0.491 e. The first-order chi connectivity index (χ1) is 10.7. The average molecular weight is 296 g/mol. The van der Waals surface area contributed by atoms with Crippen molar-refractivity contribution in [3.63, 3.8) is 0 Å². The summed E-state index contributed by atoms with van der Waals surface area (Å²) in [6.07, 6.45) is 3.34. The summed E-state index contributed by atoms with van der Waals surface area (Å²) in [6.45, 7) is 1.18. The molecular formula is C16H16N4O2. The average Bonchev–Trinajstić information content (AvgIpc) is 2.76. The van der Waals surface area contributed by atoms with Crippen molar-refractivity contribution in [2.75, 3.05) is 18.9 Å². The maximum atomic E-state index is 12.6. The van der Waals surface area contributed by atoms with E-state index in [0.29, 0.717) is 30.9 Å². The van der Waals surface area contributed by atoms with Crippen LogP contribution in [0.5, 0.6) is 5.75 Å². The van der Waals surface area contributed by atoms with Crippen molar-refractivity contribution >= 4 is 17.3 Å². The van der Waals surface area contributed by atoms with E-state index in [4.69, 9.17) is 15.9 Å². The second kappa shape index (κ2) is 5.85. The Kier molecular flexibility index (Phi) is 3.74. The number of anilines is 1. The molecule has 1 aliphatic heterocycles. The molecule has 0 aliphatic carbocycles. The maximum absolute atomic E-state index is 12.6. The Balaban J connectivity index is 1.84. The van der Waals surface area contributed by atoms with Crippen molar-refractivity contribution in [2.45, 2.75) is 6.54 Å². The fourth-order valence-corrected chi connectivity index (χ4v) is 2.40. The van der Waals surface area contributed by atoms with Crippen LogP contribution in [0.25, 0.3) is 0 Å². The highest BCUT2D eigenvalue weighted by atomic mass is 16.5. The van der Waals surface area contributed by atoms with Crippen molar-refractivity contribution in [2.24, 2.45) is 0 Å². The van der Waals surface area contributed by atoms with Crippen LogP contribution in [0.3, 0.4) is 0 Å². The van der Waals surface area contributed by atoms with Gasteiger partial charge in [-0.05, 0) is 12.1 Å². The molecule has 0 fully saturated rings. The van der Waals surface area contributed by atoms with Gasteiger partial charge in [0.05, 0.1) is 13.1 Å². The number of para-hydroxylation sites is 1. The minimum atomic E-state index is -0.363. The maximum Gasteiger partial charge on any atom is 0.272 e. The molecule has 2 aromatic rings. The van der Waals surface area contributed by atoms with E-state index in [2.05, 4.69) is 4.98 Å². The number of nitrogen functional groups attached to an aromatic ring is 1. The van der Waals surface area contributed by atoms with E-state index < -0.39 is 0 Å². The van der Waals surface area contributed by atoms with Crippen molar-refractivity contribution in [3.8, 4) is 5.75 Å². The second-order valence-corrected chi connectivity index (χ2v) is 5.02. The SMILES string of the molecule is N=C(C(=O)N1CCOc2ccncc2C1)c1ccccc1N. The van der Waals surface area contributed by atoms with Crippen molar-refractivity contribution in [3.05, 3.63) is 53.9 Å². The highest BCUT2D eigenvalue weighted by molar-refractivity contribution is 6.45. The quantitative estimate of drug-likeness (QED) is 0.648. The van der Waals surface area contributed by atoms with Gasteiger partial charge in [0.25, 0.3) is 5.91 Å². The zero-order chi connectivity index (χ0) is 15.5. The van der Waals surface area contributed by atoms with Gasteiger partial charge in [0, 0.05) is 29.2 Å². The summed E-state index contributed by atoms with van der Waals surface area (Å²) in [5.41, 5.74) is 7.45. The molecule has 112 valence electrons. The molecule has 22 heavy (non-hydrogen) atoms. The molecule has 0 bridgehead atoms. The molecule has 0 atom stereocenters. The number of fused-ring (bicyclic) bond motifs is 1. The first kappa shape index (κ1) is 14.1. The molecule has 1 aromatic carbocycles. The topological polar surface area (TPSA) is 92.3 Å². The molecule has 3 rings (SSSR count). The number of rotatable bonds is 2. The molecule has 1 amide bonds. The van der Waals surface area contributed by atoms with E-state index in [0.717, 1.165) is 11.3 Å². The zero-order valence-corrected chi connectivity index (χ0v) is 12.0. The highest BCUT2D eigenvalue weighted by Gasteiger charge is 2.24. The molecule has 2 heterocycles. The molecule has 0 unspecified atom stereocenters. The summed E-state index contributed by atoms with van der Waals surface area (Å²) in [6, 6.07) is 8.68. The molecular weight excluding hydrogens is 280 g/mol. The van der Waals surface area contributed by atoms with E-state index in [1.807, 2.05) is 0 Å². The lowest BCUT2D eigenvalue weighted by molar-refractivity contribution is -0.124. The van der Waals surface area contributed by atoms with Gasteiger partial charge in [-0.1, -0.05) is 18.2 Å². The third-order valence-electron chi connectivity index (χ3n) is 3.57. The number of hydrogen-bond donors (Lipinski definition) is 2. The number of hydrogen-bond acceptors (Lipinski definition) is 5. The van der Waals surface area contributed by atoms with E-state index in [-0.39, 0.29) is 11.6 Å². The van der Waals surface area contributed by atoms with Crippen molar-refractivity contribution in [1.82, 2.24) is 9.88 Å². The number of nitrogens with one attached hydrogen (secondary N) is 1. The summed E-state index contributed by atoms with van der Waals surface area (Å²) in [4.78, 5) is 18.2. The Morgan fingerprint density at radius 2 is 2.14 bits per heavy atom. The molecule has 1 aliphatic rings. The van der Waals surface area contributed by atoms with Gasteiger partial charge in [0.15, 0.2) is 0 Å². The fourth-order valence-electron chi connectivity index (χ4n) is 2.40. The first-order valence-corrected chi connectivity index (χ1v) is 6.95. The Labute approximate surface area is 128 Å². The van der Waals surface area contributed by atoms with Gasteiger partial charge in [0.1, 0.15) is 18.1 Å². The Morgan fingerprint density at radius 3 is 2.95 bits per heavy atom. The molecule has 0 radical (unpaired) electrons. The molecule has 1 aromatic heterocycles. The van der Waals surface area contributed by atoms with E-state index in [1.54, 1.807) is 47.6 Å². The van der Waals surface area contributed by atoms with Crippen LogP contribution in [0, 0.1) is 5.41 Å². The van der Waals surface area contributed by atoms with E-state index in [1.165, 1.54) is 0 Å². The van der Waals surface area contributed by atoms with Crippen LogP contribution < -0.4 is 10.5 Å². The third kappa shape index (κ3) is 2.63. The van der Waals surface area contributed by atoms with Gasteiger partial charge in [-0.2, -0.15) is 0 Å². The third-order valence-corrected chi connectivity index (χ3v) is 3.57. The van der Waals surface area contributed by atoms with Crippen LogP contribution >= 0.6 is 0 Å². The monoisotopic (exact) mass is 296 g/mol. The Bertz CT molecular complexity index is 730. The number of carbonyl (C=O) groups excluding carboxylic acids is 1. The van der Waals surface area contributed by atoms with E-state index >= 15 is 0 Å². The van der Waals surface area contributed by atoms with Crippen molar-refractivity contribution < 1.29 is 9.53 Å². The molecule has 0 saturated carbocycles. The minimum absolute atomic E-state index is 0.106. The number of amides is 1. The van der Waals surface area contributed by atoms with Gasteiger partial charge in [0.2, 0.25) is 0 Å². The van der Waals surface area contributed by atoms with Crippen LogP contribution in [0.4, 0.5) is 5.69 Å². The first-order valence-electron chi connectivity index (χ1n) is 6.95. The summed E-state index contributed by atoms with van der Waals surface area (Å²) in [5, 5.41) is 8.14. The van der Waals surface area contributed by atoms with Gasteiger partial charge < -0.3 is 15.4 Å². The number of nitrogens with two attached hydrogens (primary N) is 1. The summed E-state index contributed by atoms with van der Waals surface area (Å²) >= 11 is 0. The highest BCUT2D eigenvalue weighted by Crippen LogP contribution is 2.22. The lowest BCUT2D eigenvalue weighted by atomic mass is 10.1. The predicted octanol–water partition coefficient (Wildman–Crippen LogP) is 1.45. The lowest BCUT2D eigenvalue weighted by Crippen LogP contribution is -2.37. The molecule has 3 N–H and O–H groups in total. The summed E-state index contributed by atoms with van der Waals surface area (Å²) in [7, 11) is 0. The van der Waals surface area contributed by atoms with Gasteiger partial charge >= 0.3 is 0 Å². The standard InChI is InChI=1S/C16H16N4O2/c17-13-4-2-1-3-12(13)15(18)16(21)20-7-8-22-14-5-6-19-9-11(14)10-20/h1-6,9,18H,7-8,10,17H2. The van der Waals surface area contributed by atoms with Gasteiger partial charge in [-0.25, -0.2) is 0 Å². The van der Waals surface area contributed by atoms with Crippen LogP contribution in [0.1, 0.15) is 11.1 Å². The Hall–Kier alpha value is -2.89. The van der Waals surface area contributed by atoms with Crippen LogP contribution in [0.2, 0.25) is 0 Å². The minimum Gasteiger partial charge on any atom is -0.491 e. The van der Waals surface area contributed by atoms with Gasteiger partial charge in [-0.15, -0.1) is 0 Å². The number of pyridine rings is 1. The second-order valence-electron chi connectivity index (χ2n) is 5.02. The summed E-state index contributed by atoms with van der Waals surface area (Å²) in [5.74, 6) is 0.370. The lowest BCUT2D eigenvalue weighted by Gasteiger charge is -2.20. The number of carbonyl (C=O) groups is 1.